The van der Waals surface area contributed by atoms with Gasteiger partial charge in [0.1, 0.15) is 5.41 Å². The van der Waals surface area contributed by atoms with Crippen LogP contribution >= 0.6 is 22.9 Å². The fourth-order valence-corrected chi connectivity index (χ4v) is 3.66. The highest BCUT2D eigenvalue weighted by Crippen LogP contribution is 2.42. The molecule has 0 amide bonds. The Morgan fingerprint density at radius 1 is 1.56 bits per heavy atom. The van der Waals surface area contributed by atoms with E-state index in [4.69, 9.17) is 11.6 Å². The van der Waals surface area contributed by atoms with E-state index in [1.54, 1.807) is 6.07 Å². The second-order valence-corrected chi connectivity index (χ2v) is 5.61. The molecule has 1 aliphatic rings. The molecule has 0 aromatic carbocycles. The van der Waals surface area contributed by atoms with Crippen molar-refractivity contribution in [2.45, 2.75) is 18.3 Å². The maximum Gasteiger partial charge on any atom is 0.315 e. The van der Waals surface area contributed by atoms with Crippen molar-refractivity contribution < 1.29 is 9.90 Å². The van der Waals surface area contributed by atoms with Crippen molar-refractivity contribution >= 4 is 28.9 Å². The van der Waals surface area contributed by atoms with Crippen molar-refractivity contribution in [3.63, 3.8) is 0 Å². The van der Waals surface area contributed by atoms with Crippen molar-refractivity contribution in [2.75, 3.05) is 20.1 Å². The molecule has 1 aromatic heterocycles. The van der Waals surface area contributed by atoms with E-state index < -0.39 is 11.4 Å². The Labute approximate surface area is 104 Å². The van der Waals surface area contributed by atoms with Gasteiger partial charge in [-0.25, -0.2) is 0 Å². The molecule has 3 nitrogen and oxygen atoms in total. The Balaban J connectivity index is 2.37. The minimum atomic E-state index is -0.766. The van der Waals surface area contributed by atoms with Gasteiger partial charge in [-0.1, -0.05) is 11.6 Å². The highest BCUT2D eigenvalue weighted by molar-refractivity contribution is 7.10. The zero-order valence-electron chi connectivity index (χ0n) is 9.07. The van der Waals surface area contributed by atoms with E-state index in [1.165, 1.54) is 11.3 Å². The van der Waals surface area contributed by atoms with Gasteiger partial charge in [-0.2, -0.15) is 0 Å². The minimum absolute atomic E-state index is 0.594. The number of rotatable bonds is 2. The van der Waals surface area contributed by atoms with Crippen molar-refractivity contribution in [1.82, 2.24) is 4.90 Å². The molecule has 0 spiro atoms. The monoisotopic (exact) mass is 259 g/mol. The summed E-state index contributed by atoms with van der Waals surface area (Å²) in [7, 11) is 2.02. The van der Waals surface area contributed by atoms with Crippen molar-refractivity contribution in [3.05, 3.63) is 21.3 Å². The SMILES string of the molecule is CN1CCC(C(=O)O)(c2sccc2Cl)CC1. The van der Waals surface area contributed by atoms with Gasteiger partial charge in [0, 0.05) is 4.88 Å². The molecule has 88 valence electrons. The summed E-state index contributed by atoms with van der Waals surface area (Å²) in [4.78, 5) is 14.5. The van der Waals surface area contributed by atoms with Crippen LogP contribution in [0.2, 0.25) is 5.02 Å². The van der Waals surface area contributed by atoms with Crippen LogP contribution in [-0.2, 0) is 10.2 Å². The highest BCUT2D eigenvalue weighted by atomic mass is 35.5. The predicted octanol–water partition coefficient (Wildman–Crippen LogP) is 2.45. The second kappa shape index (κ2) is 4.35. The smallest absolute Gasteiger partial charge is 0.315 e. The molecule has 0 unspecified atom stereocenters. The molecule has 2 heterocycles. The first-order chi connectivity index (χ1) is 7.56. The molecule has 5 heteroatoms. The molecule has 0 aliphatic carbocycles. The Morgan fingerprint density at radius 2 is 2.19 bits per heavy atom. The quantitative estimate of drug-likeness (QED) is 0.887. The van der Waals surface area contributed by atoms with Crippen molar-refractivity contribution in [1.29, 1.82) is 0 Å². The van der Waals surface area contributed by atoms with Gasteiger partial charge in [-0.3, -0.25) is 4.79 Å². The predicted molar refractivity (Wildman–Crippen MR) is 65.4 cm³/mol. The fraction of sp³-hybridized carbons (Fsp3) is 0.545. The normalized spacial score (nSPS) is 20.9. The van der Waals surface area contributed by atoms with Crippen LogP contribution in [0.5, 0.6) is 0 Å². The van der Waals surface area contributed by atoms with Gasteiger partial charge in [-0.05, 0) is 44.4 Å². The average molecular weight is 260 g/mol. The van der Waals surface area contributed by atoms with Crippen LogP contribution in [0.15, 0.2) is 11.4 Å². The van der Waals surface area contributed by atoms with Gasteiger partial charge < -0.3 is 10.0 Å². The number of halogens is 1. The third-order valence-electron chi connectivity index (χ3n) is 3.30. The minimum Gasteiger partial charge on any atom is -0.481 e. The largest absolute Gasteiger partial charge is 0.481 e. The lowest BCUT2D eigenvalue weighted by Gasteiger charge is -2.36. The number of carbonyl (C=O) groups is 1. The number of aliphatic carboxylic acids is 1. The summed E-state index contributed by atoms with van der Waals surface area (Å²) < 4.78 is 0. The molecule has 0 radical (unpaired) electrons. The molecule has 1 fully saturated rings. The van der Waals surface area contributed by atoms with Crippen LogP contribution in [0.3, 0.4) is 0 Å². The average Bonchev–Trinajstić information content (AvgIpc) is 2.66. The lowest BCUT2D eigenvalue weighted by atomic mass is 9.77. The summed E-state index contributed by atoms with van der Waals surface area (Å²) in [5.74, 6) is -0.745. The first-order valence-electron chi connectivity index (χ1n) is 5.22. The van der Waals surface area contributed by atoms with Gasteiger partial charge in [0.15, 0.2) is 0 Å². The summed E-state index contributed by atoms with van der Waals surface area (Å²) in [5, 5.41) is 12.0. The van der Waals surface area contributed by atoms with Crippen LogP contribution in [0.1, 0.15) is 17.7 Å². The van der Waals surface area contributed by atoms with Crippen LogP contribution in [0, 0.1) is 0 Å². The first kappa shape index (κ1) is 11.9. The lowest BCUT2D eigenvalue weighted by Crippen LogP contribution is -2.45. The Bertz CT molecular complexity index is 396. The zero-order chi connectivity index (χ0) is 11.8. The number of nitrogens with zero attached hydrogens (tertiary/aromatic N) is 1. The second-order valence-electron chi connectivity index (χ2n) is 4.29. The van der Waals surface area contributed by atoms with Crippen LogP contribution in [0.25, 0.3) is 0 Å². The molecular formula is C11H14ClNO2S. The fourth-order valence-electron chi connectivity index (χ4n) is 2.17. The maximum atomic E-state index is 11.6. The third kappa shape index (κ3) is 1.85. The van der Waals surface area contributed by atoms with Gasteiger partial charge in [0.05, 0.1) is 5.02 Å². The Hall–Kier alpha value is -0.580. The van der Waals surface area contributed by atoms with E-state index in [0.29, 0.717) is 17.9 Å². The molecule has 1 N–H and O–H groups in total. The number of carboxylic acids is 1. The molecule has 1 aromatic rings. The molecule has 0 bridgehead atoms. The number of likely N-dealkylation sites (tertiary alicyclic amines) is 1. The van der Waals surface area contributed by atoms with Crippen LogP contribution < -0.4 is 0 Å². The molecule has 0 saturated carbocycles. The summed E-state index contributed by atoms with van der Waals surface area (Å²) in [6.07, 6.45) is 1.28. The van der Waals surface area contributed by atoms with Gasteiger partial charge in [0.25, 0.3) is 0 Å². The van der Waals surface area contributed by atoms with Crippen LogP contribution in [-0.4, -0.2) is 36.1 Å². The zero-order valence-corrected chi connectivity index (χ0v) is 10.6. The first-order valence-corrected chi connectivity index (χ1v) is 6.47. The standard InChI is InChI=1S/C11H14ClNO2S/c1-13-5-3-11(4-6-13,10(14)15)9-8(12)2-7-16-9/h2,7H,3-6H2,1H3,(H,14,15). The molecular weight excluding hydrogens is 246 g/mol. The van der Waals surface area contributed by atoms with E-state index >= 15 is 0 Å². The Morgan fingerprint density at radius 3 is 2.62 bits per heavy atom. The van der Waals surface area contributed by atoms with Gasteiger partial charge in [0.2, 0.25) is 0 Å². The number of piperidine rings is 1. The van der Waals surface area contributed by atoms with Gasteiger partial charge >= 0.3 is 5.97 Å². The molecule has 2 rings (SSSR count). The molecule has 0 atom stereocenters. The van der Waals surface area contributed by atoms with E-state index in [0.717, 1.165) is 18.0 Å². The third-order valence-corrected chi connectivity index (χ3v) is 4.85. The molecule has 16 heavy (non-hydrogen) atoms. The topological polar surface area (TPSA) is 40.5 Å². The summed E-state index contributed by atoms with van der Waals surface area (Å²) in [5.41, 5.74) is -0.766. The summed E-state index contributed by atoms with van der Waals surface area (Å²) >= 11 is 7.53. The van der Waals surface area contributed by atoms with Crippen molar-refractivity contribution in [2.24, 2.45) is 0 Å². The lowest BCUT2D eigenvalue weighted by molar-refractivity contribution is -0.145. The number of carboxylic acid groups (broad SMARTS) is 1. The van der Waals surface area contributed by atoms with E-state index in [9.17, 15) is 9.90 Å². The summed E-state index contributed by atoms with van der Waals surface area (Å²) in [6, 6.07) is 1.78. The summed E-state index contributed by atoms with van der Waals surface area (Å²) in [6.45, 7) is 1.61. The van der Waals surface area contributed by atoms with E-state index in [2.05, 4.69) is 4.90 Å². The number of hydrogen-bond acceptors (Lipinski definition) is 3. The highest BCUT2D eigenvalue weighted by Gasteiger charge is 2.44. The number of thiophene rings is 1. The van der Waals surface area contributed by atoms with E-state index in [-0.39, 0.29) is 0 Å². The Kier molecular flexibility index (Phi) is 3.24. The molecule has 1 saturated heterocycles. The van der Waals surface area contributed by atoms with Crippen molar-refractivity contribution in [3.8, 4) is 0 Å². The maximum absolute atomic E-state index is 11.6. The molecule has 1 aliphatic heterocycles. The van der Waals surface area contributed by atoms with Gasteiger partial charge in [-0.15, -0.1) is 11.3 Å². The number of hydrogen-bond donors (Lipinski definition) is 1. The van der Waals surface area contributed by atoms with Crippen LogP contribution in [0.4, 0.5) is 0 Å². The van der Waals surface area contributed by atoms with E-state index in [1.807, 2.05) is 12.4 Å².